The first-order valence-electron chi connectivity index (χ1n) is 10.4. The Morgan fingerprint density at radius 1 is 0.696 bits per heavy atom. The highest BCUT2D eigenvalue weighted by molar-refractivity contribution is 4.80. The van der Waals surface area contributed by atoms with E-state index in [0.29, 0.717) is 6.04 Å². The van der Waals surface area contributed by atoms with E-state index in [-0.39, 0.29) is 0 Å². The maximum atomic E-state index is 4.20. The quantitative estimate of drug-likeness (QED) is 0.292. The summed E-state index contributed by atoms with van der Waals surface area (Å²) in [6.07, 6.45) is 27.1. The highest BCUT2D eigenvalue weighted by Gasteiger charge is 2.08. The third kappa shape index (κ3) is 10.6. The van der Waals surface area contributed by atoms with E-state index in [2.05, 4.69) is 29.6 Å². The van der Waals surface area contributed by atoms with Gasteiger partial charge in [0.15, 0.2) is 0 Å². The normalized spacial score (nSPS) is 12.6. The van der Waals surface area contributed by atoms with Gasteiger partial charge in [-0.15, -0.1) is 0 Å². The lowest BCUT2D eigenvalue weighted by Gasteiger charge is -2.17. The lowest BCUT2D eigenvalue weighted by molar-refractivity contribution is 0.407. The van der Waals surface area contributed by atoms with E-state index in [1.165, 1.54) is 96.3 Å². The highest BCUT2D eigenvalue weighted by atomic mass is 15.0. The molecule has 0 radical (unpaired) electrons. The minimum Gasteiger partial charge on any atom is -0.334 e. The molecule has 0 saturated carbocycles. The van der Waals surface area contributed by atoms with Gasteiger partial charge in [0.25, 0.3) is 0 Å². The Labute approximate surface area is 145 Å². The molecule has 0 aliphatic rings. The number of unbranched alkanes of at least 4 members (excludes halogenated alkanes) is 11. The van der Waals surface area contributed by atoms with E-state index < -0.39 is 0 Å². The van der Waals surface area contributed by atoms with E-state index in [1.54, 1.807) is 0 Å². The van der Waals surface area contributed by atoms with E-state index in [1.807, 2.05) is 12.5 Å². The van der Waals surface area contributed by atoms with Crippen LogP contribution in [0.25, 0.3) is 0 Å². The highest BCUT2D eigenvalue weighted by Crippen LogP contribution is 2.21. The maximum absolute atomic E-state index is 4.20. The van der Waals surface area contributed by atoms with Crippen molar-refractivity contribution in [1.82, 2.24) is 9.55 Å². The van der Waals surface area contributed by atoms with Gasteiger partial charge in [-0.1, -0.05) is 97.3 Å². The minimum atomic E-state index is 0.672. The summed E-state index contributed by atoms with van der Waals surface area (Å²) in [5.74, 6) is 0. The first-order valence-corrected chi connectivity index (χ1v) is 10.4. The Morgan fingerprint density at radius 3 is 1.74 bits per heavy atom. The number of hydrogen-bond acceptors (Lipinski definition) is 1. The average Bonchev–Trinajstić information content (AvgIpc) is 3.09. The van der Waals surface area contributed by atoms with Crippen LogP contribution in [0.1, 0.15) is 116 Å². The zero-order chi connectivity index (χ0) is 16.6. The molecule has 0 aliphatic carbocycles. The summed E-state index contributed by atoms with van der Waals surface area (Å²) in [5.41, 5.74) is 0. The van der Waals surface area contributed by atoms with Gasteiger partial charge in [0, 0.05) is 18.4 Å². The predicted octanol–water partition coefficient (Wildman–Crippen LogP) is 7.32. The fourth-order valence-corrected chi connectivity index (χ4v) is 3.48. The Balaban J connectivity index is 1.90. The number of nitrogens with zero attached hydrogens (tertiary/aromatic N) is 2. The van der Waals surface area contributed by atoms with Crippen molar-refractivity contribution in [3.63, 3.8) is 0 Å². The number of hydrogen-bond donors (Lipinski definition) is 0. The van der Waals surface area contributed by atoms with Gasteiger partial charge in [-0.25, -0.2) is 4.98 Å². The van der Waals surface area contributed by atoms with Crippen LogP contribution in [0.3, 0.4) is 0 Å². The van der Waals surface area contributed by atoms with Gasteiger partial charge in [-0.2, -0.15) is 0 Å². The molecule has 1 unspecified atom stereocenters. The monoisotopic (exact) mass is 320 g/mol. The molecule has 2 heteroatoms. The summed E-state index contributed by atoms with van der Waals surface area (Å²) < 4.78 is 2.31. The van der Waals surface area contributed by atoms with Crippen LogP contribution in [0.15, 0.2) is 18.7 Å². The van der Waals surface area contributed by atoms with Gasteiger partial charge >= 0.3 is 0 Å². The van der Waals surface area contributed by atoms with Crippen molar-refractivity contribution in [2.45, 2.75) is 116 Å². The molecule has 1 aromatic heterocycles. The first kappa shape index (κ1) is 20.3. The molecule has 1 heterocycles. The molecule has 0 saturated heterocycles. The molecular weight excluding hydrogens is 280 g/mol. The molecule has 1 rings (SSSR count). The largest absolute Gasteiger partial charge is 0.334 e. The van der Waals surface area contributed by atoms with Crippen LogP contribution in [0.2, 0.25) is 0 Å². The molecule has 1 aromatic rings. The molecule has 0 bridgehead atoms. The van der Waals surface area contributed by atoms with Crippen molar-refractivity contribution in [3.05, 3.63) is 18.7 Å². The summed E-state index contributed by atoms with van der Waals surface area (Å²) in [6, 6.07) is 0.672. The summed E-state index contributed by atoms with van der Waals surface area (Å²) in [6.45, 7) is 4.58. The Hall–Kier alpha value is -0.790. The zero-order valence-corrected chi connectivity index (χ0v) is 15.8. The Morgan fingerprint density at radius 2 is 1.26 bits per heavy atom. The molecule has 1 atom stereocenters. The summed E-state index contributed by atoms with van der Waals surface area (Å²) in [5, 5.41) is 0. The van der Waals surface area contributed by atoms with Crippen LogP contribution >= 0.6 is 0 Å². The van der Waals surface area contributed by atoms with Gasteiger partial charge in [0.05, 0.1) is 6.33 Å². The molecule has 0 amide bonds. The molecule has 2 nitrogen and oxygen atoms in total. The molecule has 0 aliphatic heterocycles. The molecule has 0 spiro atoms. The number of imidazole rings is 1. The van der Waals surface area contributed by atoms with Crippen LogP contribution in [-0.4, -0.2) is 9.55 Å². The fraction of sp³-hybridized carbons (Fsp3) is 0.857. The Kier molecular flexibility index (Phi) is 13.0. The van der Waals surface area contributed by atoms with Crippen LogP contribution in [0.4, 0.5) is 0 Å². The van der Waals surface area contributed by atoms with Crippen molar-refractivity contribution in [3.8, 4) is 0 Å². The molecule has 134 valence electrons. The van der Waals surface area contributed by atoms with Crippen molar-refractivity contribution < 1.29 is 0 Å². The lowest BCUT2D eigenvalue weighted by Crippen LogP contribution is -2.06. The van der Waals surface area contributed by atoms with Gasteiger partial charge < -0.3 is 4.57 Å². The molecule has 0 aromatic carbocycles. The van der Waals surface area contributed by atoms with Crippen molar-refractivity contribution in [2.75, 3.05) is 0 Å². The smallest absolute Gasteiger partial charge is 0.0948 e. The van der Waals surface area contributed by atoms with Crippen LogP contribution in [0, 0.1) is 0 Å². The van der Waals surface area contributed by atoms with Crippen molar-refractivity contribution in [1.29, 1.82) is 0 Å². The molecule has 23 heavy (non-hydrogen) atoms. The second-order valence-corrected chi connectivity index (χ2v) is 7.13. The van der Waals surface area contributed by atoms with E-state index in [9.17, 15) is 0 Å². The molecule has 0 N–H and O–H groups in total. The van der Waals surface area contributed by atoms with E-state index >= 15 is 0 Å². The van der Waals surface area contributed by atoms with Crippen molar-refractivity contribution in [2.24, 2.45) is 0 Å². The number of aromatic nitrogens is 2. The second-order valence-electron chi connectivity index (χ2n) is 7.13. The standard InChI is InChI=1S/C21H40N2/c1-3-5-6-7-8-9-10-11-12-13-14-15-17-21(16-4-2)23-19-18-22-20-23/h18-21H,3-17H2,1-2H3. The minimum absolute atomic E-state index is 0.672. The Bertz CT molecular complexity index is 332. The van der Waals surface area contributed by atoms with Gasteiger partial charge in [0.2, 0.25) is 0 Å². The SMILES string of the molecule is CCCCCCCCCCCCCCC(CCC)n1ccnc1. The maximum Gasteiger partial charge on any atom is 0.0948 e. The molecular formula is C21H40N2. The lowest BCUT2D eigenvalue weighted by atomic mass is 10.0. The molecule has 0 fully saturated rings. The first-order chi connectivity index (χ1) is 11.4. The van der Waals surface area contributed by atoms with E-state index in [0.717, 1.165) is 0 Å². The van der Waals surface area contributed by atoms with Crippen molar-refractivity contribution >= 4 is 0 Å². The third-order valence-electron chi connectivity index (χ3n) is 4.96. The van der Waals surface area contributed by atoms with Gasteiger partial charge in [-0.3, -0.25) is 0 Å². The van der Waals surface area contributed by atoms with Gasteiger partial charge in [0.1, 0.15) is 0 Å². The van der Waals surface area contributed by atoms with Crippen LogP contribution in [0.5, 0.6) is 0 Å². The third-order valence-corrected chi connectivity index (χ3v) is 4.96. The summed E-state index contributed by atoms with van der Waals surface area (Å²) in [4.78, 5) is 4.20. The van der Waals surface area contributed by atoms with Gasteiger partial charge in [-0.05, 0) is 12.8 Å². The average molecular weight is 321 g/mol. The fourth-order valence-electron chi connectivity index (χ4n) is 3.48. The zero-order valence-electron chi connectivity index (χ0n) is 15.8. The summed E-state index contributed by atoms with van der Waals surface area (Å²) in [7, 11) is 0. The van der Waals surface area contributed by atoms with E-state index in [4.69, 9.17) is 0 Å². The second kappa shape index (κ2) is 14.8. The van der Waals surface area contributed by atoms with Crippen LogP contribution < -0.4 is 0 Å². The number of rotatable bonds is 16. The predicted molar refractivity (Wildman–Crippen MR) is 102 cm³/mol. The topological polar surface area (TPSA) is 17.8 Å². The summed E-state index contributed by atoms with van der Waals surface area (Å²) >= 11 is 0. The van der Waals surface area contributed by atoms with Crippen LogP contribution in [-0.2, 0) is 0 Å².